The zero-order chi connectivity index (χ0) is 9.97. The number of rotatable bonds is 4. The molecule has 1 fully saturated rings. The maximum atomic E-state index is 13.1. The highest BCUT2D eigenvalue weighted by Crippen LogP contribution is 2.30. The van der Waals surface area contributed by atoms with E-state index in [4.69, 9.17) is 4.74 Å². The number of hydrogen-bond acceptors (Lipinski definition) is 2. The van der Waals surface area contributed by atoms with E-state index in [9.17, 15) is 4.39 Å². The second-order valence-corrected chi connectivity index (χ2v) is 4.46. The molecule has 1 aliphatic carbocycles. The Morgan fingerprint density at radius 2 is 2.21 bits per heavy atom. The summed E-state index contributed by atoms with van der Waals surface area (Å²) in [6, 6.07) is 4.85. The van der Waals surface area contributed by atoms with Crippen LogP contribution in [0.4, 0.5) is 4.39 Å². The standard InChI is InChI=1S/C11H13FOS/c1-14-11-5-9(12)4-10(6-11)13-7-8-2-3-8/h4-6,8H,2-3,7H2,1H3. The third-order valence-corrected chi connectivity index (χ3v) is 2.97. The molecule has 0 aliphatic heterocycles. The van der Waals surface area contributed by atoms with E-state index in [0.717, 1.165) is 11.5 Å². The molecule has 0 amide bonds. The lowest BCUT2D eigenvalue weighted by atomic mass is 10.3. The molecule has 1 nitrogen and oxygen atoms in total. The SMILES string of the molecule is CSc1cc(F)cc(OCC2CC2)c1. The molecule has 76 valence electrons. The number of ether oxygens (including phenoxy) is 1. The highest BCUT2D eigenvalue weighted by Gasteiger charge is 2.21. The van der Waals surface area contributed by atoms with Gasteiger partial charge in [0.25, 0.3) is 0 Å². The lowest BCUT2D eigenvalue weighted by molar-refractivity contribution is 0.297. The zero-order valence-corrected chi connectivity index (χ0v) is 8.94. The summed E-state index contributed by atoms with van der Waals surface area (Å²) in [5.74, 6) is 1.14. The Hall–Kier alpha value is -0.700. The molecule has 1 saturated carbocycles. The lowest BCUT2D eigenvalue weighted by Gasteiger charge is -2.06. The van der Waals surface area contributed by atoms with Gasteiger partial charge < -0.3 is 4.74 Å². The van der Waals surface area contributed by atoms with Gasteiger partial charge in [-0.2, -0.15) is 0 Å². The van der Waals surface area contributed by atoms with Gasteiger partial charge in [-0.25, -0.2) is 4.39 Å². The van der Waals surface area contributed by atoms with Gasteiger partial charge in [0.1, 0.15) is 11.6 Å². The predicted molar refractivity (Wildman–Crippen MR) is 56.4 cm³/mol. The predicted octanol–water partition coefficient (Wildman–Crippen LogP) is 3.34. The Kier molecular flexibility index (Phi) is 2.96. The van der Waals surface area contributed by atoms with Gasteiger partial charge in [-0.05, 0) is 37.1 Å². The van der Waals surface area contributed by atoms with Crippen LogP contribution in [0.2, 0.25) is 0 Å². The van der Waals surface area contributed by atoms with Crippen molar-refractivity contribution in [1.29, 1.82) is 0 Å². The molecule has 3 heteroatoms. The van der Waals surface area contributed by atoms with Crippen LogP contribution in [-0.4, -0.2) is 12.9 Å². The fourth-order valence-electron chi connectivity index (χ4n) is 1.24. The van der Waals surface area contributed by atoms with Crippen molar-refractivity contribution >= 4 is 11.8 Å². The second-order valence-electron chi connectivity index (χ2n) is 3.58. The van der Waals surface area contributed by atoms with Crippen LogP contribution in [0.15, 0.2) is 23.1 Å². The van der Waals surface area contributed by atoms with Crippen molar-refractivity contribution < 1.29 is 9.13 Å². The topological polar surface area (TPSA) is 9.23 Å². The number of hydrogen-bond donors (Lipinski definition) is 0. The summed E-state index contributed by atoms with van der Waals surface area (Å²) in [6.07, 6.45) is 4.44. The van der Waals surface area contributed by atoms with Crippen molar-refractivity contribution in [2.75, 3.05) is 12.9 Å². The van der Waals surface area contributed by atoms with Crippen LogP contribution in [0, 0.1) is 11.7 Å². The zero-order valence-electron chi connectivity index (χ0n) is 8.13. The van der Waals surface area contributed by atoms with Gasteiger partial charge in [-0.3, -0.25) is 0 Å². The van der Waals surface area contributed by atoms with Gasteiger partial charge in [-0.15, -0.1) is 11.8 Å². The molecule has 0 aromatic heterocycles. The first-order chi connectivity index (χ1) is 6.78. The second kappa shape index (κ2) is 4.22. The number of halogens is 1. The van der Waals surface area contributed by atoms with Crippen molar-refractivity contribution in [2.24, 2.45) is 5.92 Å². The summed E-state index contributed by atoms with van der Waals surface area (Å²) in [5, 5.41) is 0. The van der Waals surface area contributed by atoms with E-state index in [1.165, 1.54) is 36.7 Å². The summed E-state index contributed by atoms with van der Waals surface area (Å²) in [7, 11) is 0. The molecule has 1 aromatic carbocycles. The maximum Gasteiger partial charge on any atom is 0.128 e. The number of benzene rings is 1. The first-order valence-electron chi connectivity index (χ1n) is 4.75. The fourth-order valence-corrected chi connectivity index (χ4v) is 1.70. The van der Waals surface area contributed by atoms with E-state index in [2.05, 4.69) is 0 Å². The smallest absolute Gasteiger partial charge is 0.128 e. The van der Waals surface area contributed by atoms with Crippen LogP contribution in [0.5, 0.6) is 5.75 Å². The van der Waals surface area contributed by atoms with Crippen molar-refractivity contribution in [3.8, 4) is 5.75 Å². The van der Waals surface area contributed by atoms with Gasteiger partial charge in [-0.1, -0.05) is 0 Å². The molecule has 0 unspecified atom stereocenters. The first-order valence-corrected chi connectivity index (χ1v) is 5.98. The van der Waals surface area contributed by atoms with Crippen molar-refractivity contribution in [3.63, 3.8) is 0 Å². The largest absolute Gasteiger partial charge is 0.493 e. The van der Waals surface area contributed by atoms with Crippen LogP contribution in [-0.2, 0) is 0 Å². The quantitative estimate of drug-likeness (QED) is 0.708. The van der Waals surface area contributed by atoms with Gasteiger partial charge in [0.15, 0.2) is 0 Å². The summed E-state index contributed by atoms with van der Waals surface area (Å²) in [4.78, 5) is 0.913. The van der Waals surface area contributed by atoms with Crippen molar-refractivity contribution in [1.82, 2.24) is 0 Å². The summed E-state index contributed by atoms with van der Waals surface area (Å²) in [6.45, 7) is 0.733. The molecule has 0 heterocycles. The Bertz CT molecular complexity index is 323. The Balaban J connectivity index is 2.03. The fraction of sp³-hybridized carbons (Fsp3) is 0.455. The summed E-state index contributed by atoms with van der Waals surface area (Å²) < 4.78 is 18.6. The Morgan fingerprint density at radius 3 is 2.86 bits per heavy atom. The third kappa shape index (κ3) is 2.64. The molecular weight excluding hydrogens is 199 g/mol. The van der Waals surface area contributed by atoms with E-state index in [1.54, 1.807) is 0 Å². The lowest BCUT2D eigenvalue weighted by Crippen LogP contribution is -1.99. The molecule has 0 radical (unpaired) electrons. The minimum absolute atomic E-state index is 0.220. The van der Waals surface area contributed by atoms with E-state index in [0.29, 0.717) is 11.7 Å². The van der Waals surface area contributed by atoms with Crippen LogP contribution in [0.3, 0.4) is 0 Å². The highest BCUT2D eigenvalue weighted by atomic mass is 32.2. The van der Waals surface area contributed by atoms with Crippen LogP contribution in [0.1, 0.15) is 12.8 Å². The normalized spacial score (nSPS) is 15.6. The minimum atomic E-state index is -0.220. The monoisotopic (exact) mass is 212 g/mol. The molecule has 2 rings (SSSR count). The van der Waals surface area contributed by atoms with Gasteiger partial charge in [0.2, 0.25) is 0 Å². The van der Waals surface area contributed by atoms with Crippen LogP contribution >= 0.6 is 11.8 Å². The van der Waals surface area contributed by atoms with Crippen LogP contribution in [0.25, 0.3) is 0 Å². The van der Waals surface area contributed by atoms with E-state index < -0.39 is 0 Å². The Labute approximate surface area is 87.7 Å². The van der Waals surface area contributed by atoms with E-state index in [1.807, 2.05) is 12.3 Å². The average molecular weight is 212 g/mol. The molecule has 14 heavy (non-hydrogen) atoms. The van der Waals surface area contributed by atoms with E-state index in [-0.39, 0.29) is 5.82 Å². The maximum absolute atomic E-state index is 13.1. The number of thioether (sulfide) groups is 1. The molecule has 0 atom stereocenters. The Morgan fingerprint density at radius 1 is 1.43 bits per heavy atom. The van der Waals surface area contributed by atoms with Crippen molar-refractivity contribution in [2.45, 2.75) is 17.7 Å². The van der Waals surface area contributed by atoms with Gasteiger partial charge in [0.05, 0.1) is 6.61 Å². The highest BCUT2D eigenvalue weighted by molar-refractivity contribution is 7.98. The molecular formula is C11H13FOS. The molecule has 0 N–H and O–H groups in total. The van der Waals surface area contributed by atoms with Gasteiger partial charge in [0, 0.05) is 11.0 Å². The van der Waals surface area contributed by atoms with Crippen LogP contribution < -0.4 is 4.74 Å². The van der Waals surface area contributed by atoms with Crippen molar-refractivity contribution in [3.05, 3.63) is 24.0 Å². The van der Waals surface area contributed by atoms with E-state index >= 15 is 0 Å². The summed E-state index contributed by atoms with van der Waals surface area (Å²) >= 11 is 1.53. The minimum Gasteiger partial charge on any atom is -0.493 e. The van der Waals surface area contributed by atoms with Gasteiger partial charge >= 0.3 is 0 Å². The average Bonchev–Trinajstić information content (AvgIpc) is 2.97. The molecule has 0 bridgehead atoms. The third-order valence-electron chi connectivity index (χ3n) is 2.26. The molecule has 1 aliphatic rings. The first kappa shape index (κ1) is 9.84. The molecule has 0 saturated heterocycles. The molecule has 0 spiro atoms. The molecule has 1 aromatic rings. The summed E-state index contributed by atoms with van der Waals surface area (Å²) in [5.41, 5.74) is 0.